The Morgan fingerprint density at radius 2 is 1.35 bits per heavy atom. The average Bonchev–Trinajstić information content (AvgIpc) is 3.45. The fraction of sp³-hybridized carbons (Fsp3) is 0.308. The van der Waals surface area contributed by atoms with Crippen molar-refractivity contribution in [3.05, 3.63) is 113 Å². The van der Waals surface area contributed by atoms with Crippen LogP contribution in [0.25, 0.3) is 22.5 Å². The third kappa shape index (κ3) is 6.02. The standard InChI is InChI=1S/C39H43N5O2/c1-24-26(3)43-34(41-24)22-33(23-36(43)46-35-20-29(16-17-40-35)38(5,6)7)45-32-19-30(39(8,9)10)18-31(21-32)44-27(4)37(25(2)42-44)28-14-12-11-13-15-28/h11-23H,1-10H3. The molecule has 0 N–H and O–H groups in total. The molecule has 0 atom stereocenters. The van der Waals surface area contributed by atoms with Gasteiger partial charge in [0.1, 0.15) is 17.1 Å². The lowest BCUT2D eigenvalue weighted by molar-refractivity contribution is 0.424. The Kier molecular flexibility index (Phi) is 7.75. The van der Waals surface area contributed by atoms with E-state index in [0.29, 0.717) is 23.3 Å². The topological polar surface area (TPSA) is 66.5 Å². The molecule has 46 heavy (non-hydrogen) atoms. The predicted octanol–water partition coefficient (Wildman–Crippen LogP) is 10.00. The van der Waals surface area contributed by atoms with Gasteiger partial charge < -0.3 is 9.47 Å². The molecule has 0 bridgehead atoms. The summed E-state index contributed by atoms with van der Waals surface area (Å²) in [6.45, 7) is 21.4. The molecule has 0 amide bonds. The SMILES string of the molecule is Cc1nn(-c2cc(Oc3cc(Oc4cc(C(C)(C)C)ccn4)n4c(C)c(C)nc4c3)cc(C(C)(C)C)c2)c(C)c1-c1ccccc1. The van der Waals surface area contributed by atoms with Crippen molar-refractivity contribution in [2.75, 3.05) is 0 Å². The minimum absolute atomic E-state index is 0.0358. The average molecular weight is 614 g/mol. The van der Waals surface area contributed by atoms with Gasteiger partial charge in [0.05, 0.1) is 17.1 Å². The Labute approximate surface area is 271 Å². The zero-order chi connectivity index (χ0) is 33.0. The van der Waals surface area contributed by atoms with Crippen molar-refractivity contribution in [3.63, 3.8) is 0 Å². The highest BCUT2D eigenvalue weighted by atomic mass is 16.5. The van der Waals surface area contributed by atoms with E-state index in [2.05, 4.69) is 96.8 Å². The minimum atomic E-state index is -0.119. The van der Waals surface area contributed by atoms with Crippen LogP contribution in [0.5, 0.6) is 23.3 Å². The van der Waals surface area contributed by atoms with E-state index in [4.69, 9.17) is 19.6 Å². The molecule has 0 unspecified atom stereocenters. The van der Waals surface area contributed by atoms with E-state index in [1.807, 2.05) is 59.3 Å². The van der Waals surface area contributed by atoms with Crippen molar-refractivity contribution in [1.29, 1.82) is 0 Å². The maximum absolute atomic E-state index is 6.66. The Balaban J connectivity index is 1.44. The minimum Gasteiger partial charge on any atom is -0.457 e. The summed E-state index contributed by atoms with van der Waals surface area (Å²) in [5, 5.41) is 4.99. The van der Waals surface area contributed by atoms with Crippen LogP contribution in [0, 0.1) is 27.7 Å². The van der Waals surface area contributed by atoms with Gasteiger partial charge in [-0.25, -0.2) is 14.6 Å². The predicted molar refractivity (Wildman–Crippen MR) is 185 cm³/mol. The first-order valence-electron chi connectivity index (χ1n) is 15.8. The summed E-state index contributed by atoms with van der Waals surface area (Å²) in [7, 11) is 0. The highest BCUT2D eigenvalue weighted by molar-refractivity contribution is 5.69. The monoisotopic (exact) mass is 613 g/mol. The van der Waals surface area contributed by atoms with E-state index in [1.165, 1.54) is 0 Å². The summed E-state index contributed by atoms with van der Waals surface area (Å²) in [5.74, 6) is 2.43. The first-order valence-corrected chi connectivity index (χ1v) is 15.8. The van der Waals surface area contributed by atoms with E-state index in [9.17, 15) is 0 Å². The van der Waals surface area contributed by atoms with Crippen LogP contribution in [-0.2, 0) is 10.8 Å². The molecule has 6 rings (SSSR count). The van der Waals surface area contributed by atoms with E-state index < -0.39 is 0 Å². The quantitative estimate of drug-likeness (QED) is 0.187. The lowest BCUT2D eigenvalue weighted by Gasteiger charge is -2.22. The smallest absolute Gasteiger partial charge is 0.221 e. The lowest BCUT2D eigenvalue weighted by Crippen LogP contribution is -2.12. The number of aromatic nitrogens is 5. The highest BCUT2D eigenvalue weighted by Gasteiger charge is 2.21. The van der Waals surface area contributed by atoms with Gasteiger partial charge in [-0.1, -0.05) is 71.9 Å². The van der Waals surface area contributed by atoms with Gasteiger partial charge in [-0.05, 0) is 73.4 Å². The van der Waals surface area contributed by atoms with Crippen LogP contribution in [-0.4, -0.2) is 24.1 Å². The first kappa shape index (κ1) is 31.1. The van der Waals surface area contributed by atoms with Gasteiger partial charge >= 0.3 is 0 Å². The second-order valence-corrected chi connectivity index (χ2v) is 14.1. The third-order valence-corrected chi connectivity index (χ3v) is 8.53. The molecule has 0 spiro atoms. The highest BCUT2D eigenvalue weighted by Crippen LogP contribution is 2.37. The van der Waals surface area contributed by atoms with Crippen LogP contribution in [0.4, 0.5) is 0 Å². The molecular formula is C39H43N5O2. The van der Waals surface area contributed by atoms with Crippen LogP contribution in [0.15, 0.2) is 79.0 Å². The van der Waals surface area contributed by atoms with Crippen molar-refractivity contribution < 1.29 is 9.47 Å². The molecule has 0 radical (unpaired) electrons. The lowest BCUT2D eigenvalue weighted by atomic mass is 9.86. The van der Waals surface area contributed by atoms with Crippen LogP contribution in [0.1, 0.15) is 75.4 Å². The van der Waals surface area contributed by atoms with E-state index in [-0.39, 0.29) is 10.8 Å². The Hall–Kier alpha value is -4.91. The maximum atomic E-state index is 6.66. The number of hydrogen-bond donors (Lipinski definition) is 0. The van der Waals surface area contributed by atoms with Crippen LogP contribution in [0.2, 0.25) is 0 Å². The van der Waals surface area contributed by atoms with Gasteiger partial charge in [-0.3, -0.25) is 4.40 Å². The van der Waals surface area contributed by atoms with Gasteiger partial charge in [0.15, 0.2) is 0 Å². The molecule has 7 heteroatoms. The number of benzene rings is 2. The summed E-state index contributed by atoms with van der Waals surface area (Å²) in [4.78, 5) is 9.34. The van der Waals surface area contributed by atoms with Crippen LogP contribution >= 0.6 is 0 Å². The van der Waals surface area contributed by atoms with Gasteiger partial charge in [0.25, 0.3) is 0 Å². The van der Waals surface area contributed by atoms with Crippen molar-refractivity contribution >= 4 is 5.65 Å². The third-order valence-electron chi connectivity index (χ3n) is 8.53. The fourth-order valence-electron chi connectivity index (χ4n) is 5.79. The van der Waals surface area contributed by atoms with Crippen molar-refractivity contribution in [1.82, 2.24) is 24.1 Å². The van der Waals surface area contributed by atoms with Crippen LogP contribution < -0.4 is 9.47 Å². The number of nitrogens with zero attached hydrogens (tertiary/aromatic N) is 5. The molecule has 0 fully saturated rings. The zero-order valence-corrected chi connectivity index (χ0v) is 28.6. The summed E-state index contributed by atoms with van der Waals surface area (Å²) in [5.41, 5.74) is 10.1. The molecule has 4 heterocycles. The van der Waals surface area contributed by atoms with Crippen LogP contribution in [0.3, 0.4) is 0 Å². The van der Waals surface area contributed by atoms with Gasteiger partial charge in [0.2, 0.25) is 11.8 Å². The zero-order valence-electron chi connectivity index (χ0n) is 28.6. The van der Waals surface area contributed by atoms with Gasteiger partial charge in [-0.15, -0.1) is 0 Å². The Morgan fingerprint density at radius 3 is 2.04 bits per heavy atom. The first-order chi connectivity index (χ1) is 21.7. The Morgan fingerprint density at radius 1 is 0.652 bits per heavy atom. The molecule has 236 valence electrons. The number of fused-ring (bicyclic) bond motifs is 1. The van der Waals surface area contributed by atoms with E-state index >= 15 is 0 Å². The molecule has 0 saturated carbocycles. The molecule has 7 nitrogen and oxygen atoms in total. The fourth-order valence-corrected chi connectivity index (χ4v) is 5.79. The number of aryl methyl sites for hydroxylation is 3. The second-order valence-electron chi connectivity index (χ2n) is 14.1. The maximum Gasteiger partial charge on any atom is 0.221 e. The van der Waals surface area contributed by atoms with Crippen molar-refractivity contribution in [2.24, 2.45) is 0 Å². The molecule has 0 aliphatic heterocycles. The molecule has 0 saturated heterocycles. The number of pyridine rings is 2. The molecule has 4 aromatic heterocycles. The normalized spacial score (nSPS) is 12.1. The molecular weight excluding hydrogens is 570 g/mol. The van der Waals surface area contributed by atoms with Gasteiger partial charge in [-0.2, -0.15) is 5.10 Å². The Bertz CT molecular complexity index is 2060. The number of hydrogen-bond acceptors (Lipinski definition) is 5. The molecule has 2 aromatic carbocycles. The molecule has 0 aliphatic rings. The van der Waals surface area contributed by atoms with Crippen molar-refractivity contribution in [2.45, 2.75) is 80.1 Å². The summed E-state index contributed by atoms with van der Waals surface area (Å²) < 4.78 is 17.1. The summed E-state index contributed by atoms with van der Waals surface area (Å²) >= 11 is 0. The molecule has 0 aliphatic carbocycles. The summed E-state index contributed by atoms with van der Waals surface area (Å²) in [6.07, 6.45) is 1.79. The van der Waals surface area contributed by atoms with Gasteiger partial charge in [0, 0.05) is 47.4 Å². The number of imidazole rings is 1. The largest absolute Gasteiger partial charge is 0.457 e. The van der Waals surface area contributed by atoms with E-state index in [0.717, 1.165) is 56.4 Å². The van der Waals surface area contributed by atoms with E-state index in [1.54, 1.807) is 6.20 Å². The molecule has 6 aromatic rings. The second kappa shape index (κ2) is 11.5. The number of rotatable bonds is 6. The number of ether oxygens (including phenoxy) is 2. The summed E-state index contributed by atoms with van der Waals surface area (Å²) in [6, 6.07) is 24.7. The van der Waals surface area contributed by atoms with Crippen molar-refractivity contribution in [3.8, 4) is 40.1 Å².